The quantitative estimate of drug-likeness (QED) is 0.824. The molecule has 0 aromatic rings. The van der Waals surface area contributed by atoms with Gasteiger partial charge in [-0.15, -0.1) is 11.8 Å². The molecule has 2 amide bonds. The van der Waals surface area contributed by atoms with Crippen LogP contribution in [-0.4, -0.2) is 44.7 Å². The summed E-state index contributed by atoms with van der Waals surface area (Å²) < 4.78 is 0. The lowest BCUT2D eigenvalue weighted by Gasteiger charge is -2.33. The Morgan fingerprint density at radius 1 is 1.44 bits per heavy atom. The van der Waals surface area contributed by atoms with E-state index in [-0.39, 0.29) is 16.9 Å². The molecule has 0 aromatic carbocycles. The molecule has 1 aliphatic heterocycles. The molecule has 1 fully saturated rings. The average molecular weight is 274 g/mol. The van der Waals surface area contributed by atoms with Gasteiger partial charge in [-0.2, -0.15) is 0 Å². The van der Waals surface area contributed by atoms with Crippen LogP contribution in [0.5, 0.6) is 0 Å². The van der Waals surface area contributed by atoms with Crippen molar-refractivity contribution in [3.63, 3.8) is 0 Å². The van der Waals surface area contributed by atoms with Crippen molar-refractivity contribution in [2.75, 3.05) is 5.75 Å². The van der Waals surface area contributed by atoms with Crippen LogP contribution < -0.4 is 5.32 Å². The molecule has 2 unspecified atom stereocenters. The van der Waals surface area contributed by atoms with Crippen molar-refractivity contribution in [3.05, 3.63) is 0 Å². The van der Waals surface area contributed by atoms with Gasteiger partial charge in [0.25, 0.3) is 0 Å². The van der Waals surface area contributed by atoms with Gasteiger partial charge in [0.15, 0.2) is 0 Å². The van der Waals surface area contributed by atoms with Gasteiger partial charge in [-0.05, 0) is 26.7 Å². The third-order valence-electron chi connectivity index (χ3n) is 3.71. The zero-order chi connectivity index (χ0) is 13.9. The van der Waals surface area contributed by atoms with Crippen LogP contribution in [0.2, 0.25) is 0 Å². The lowest BCUT2D eigenvalue weighted by atomic mass is 9.96. The van der Waals surface area contributed by atoms with E-state index in [1.807, 2.05) is 27.7 Å². The number of carbonyl (C=O) groups excluding carboxylic acids is 1. The summed E-state index contributed by atoms with van der Waals surface area (Å²) in [6.07, 6.45) is 1.64. The SMILES string of the molecule is CCC(C)(CC)NC(=O)N1C(C)SCC1C(=O)O. The number of carboxylic acids is 1. The van der Waals surface area contributed by atoms with Crippen molar-refractivity contribution in [3.8, 4) is 0 Å². The van der Waals surface area contributed by atoms with Gasteiger partial charge in [0.1, 0.15) is 6.04 Å². The molecule has 0 aliphatic carbocycles. The summed E-state index contributed by atoms with van der Waals surface area (Å²) in [6, 6.07) is -0.992. The average Bonchev–Trinajstić information content (AvgIpc) is 2.71. The molecule has 1 saturated heterocycles. The van der Waals surface area contributed by atoms with Gasteiger partial charge in [0.05, 0.1) is 5.37 Å². The van der Waals surface area contributed by atoms with E-state index >= 15 is 0 Å². The Bertz CT molecular complexity index is 331. The first-order chi connectivity index (χ1) is 8.34. The summed E-state index contributed by atoms with van der Waals surface area (Å²) in [5.41, 5.74) is -0.271. The number of hydrogen-bond acceptors (Lipinski definition) is 3. The number of thioether (sulfide) groups is 1. The van der Waals surface area contributed by atoms with Gasteiger partial charge in [0.2, 0.25) is 0 Å². The van der Waals surface area contributed by atoms with Crippen LogP contribution in [0.3, 0.4) is 0 Å². The summed E-state index contributed by atoms with van der Waals surface area (Å²) in [4.78, 5) is 24.8. The number of aliphatic carboxylic acids is 1. The molecule has 0 aromatic heterocycles. The van der Waals surface area contributed by atoms with Crippen molar-refractivity contribution in [1.82, 2.24) is 10.2 Å². The third-order valence-corrected chi connectivity index (χ3v) is 4.93. The van der Waals surface area contributed by atoms with Crippen LogP contribution in [0.25, 0.3) is 0 Å². The molecular weight excluding hydrogens is 252 g/mol. The van der Waals surface area contributed by atoms with E-state index in [0.717, 1.165) is 12.8 Å². The number of nitrogens with one attached hydrogen (secondary N) is 1. The number of rotatable bonds is 4. The van der Waals surface area contributed by atoms with Gasteiger partial charge in [-0.25, -0.2) is 9.59 Å². The fraction of sp³-hybridized carbons (Fsp3) is 0.833. The molecule has 18 heavy (non-hydrogen) atoms. The molecule has 2 atom stereocenters. The zero-order valence-corrected chi connectivity index (χ0v) is 12.2. The second kappa shape index (κ2) is 5.82. The highest BCUT2D eigenvalue weighted by Crippen LogP contribution is 2.29. The Morgan fingerprint density at radius 3 is 2.44 bits per heavy atom. The van der Waals surface area contributed by atoms with Crippen LogP contribution in [0.1, 0.15) is 40.5 Å². The first-order valence-electron chi connectivity index (χ1n) is 6.29. The van der Waals surface area contributed by atoms with Crippen LogP contribution in [-0.2, 0) is 4.79 Å². The fourth-order valence-corrected chi connectivity index (χ4v) is 3.06. The molecule has 2 N–H and O–H groups in total. The van der Waals surface area contributed by atoms with E-state index in [0.29, 0.717) is 5.75 Å². The highest BCUT2D eigenvalue weighted by Gasteiger charge is 2.40. The van der Waals surface area contributed by atoms with E-state index in [1.54, 1.807) is 0 Å². The van der Waals surface area contributed by atoms with Crippen molar-refractivity contribution in [1.29, 1.82) is 0 Å². The van der Waals surface area contributed by atoms with Gasteiger partial charge in [-0.3, -0.25) is 4.90 Å². The maximum absolute atomic E-state index is 12.2. The minimum absolute atomic E-state index is 0.0935. The molecule has 0 radical (unpaired) electrons. The maximum Gasteiger partial charge on any atom is 0.327 e. The van der Waals surface area contributed by atoms with E-state index < -0.39 is 12.0 Å². The second-order valence-corrected chi connectivity index (χ2v) is 6.24. The summed E-state index contributed by atoms with van der Waals surface area (Å²) in [6.45, 7) is 7.87. The molecule has 1 rings (SSSR count). The van der Waals surface area contributed by atoms with Crippen LogP contribution >= 0.6 is 11.8 Å². The Balaban J connectivity index is 2.78. The smallest absolute Gasteiger partial charge is 0.327 e. The normalized spacial score (nSPS) is 24.1. The van der Waals surface area contributed by atoms with E-state index in [4.69, 9.17) is 5.11 Å². The number of carbonyl (C=O) groups is 2. The summed E-state index contributed by atoms with van der Waals surface area (Å²) in [5, 5.41) is 12.0. The molecule has 6 heteroatoms. The molecule has 0 spiro atoms. The summed E-state index contributed by atoms with van der Waals surface area (Å²) in [7, 11) is 0. The number of hydrogen-bond donors (Lipinski definition) is 2. The predicted molar refractivity (Wildman–Crippen MR) is 72.7 cm³/mol. The minimum atomic E-state index is -0.934. The number of amides is 2. The standard InChI is InChI=1S/C12H22N2O3S/c1-5-12(4,6-2)13-11(17)14-8(3)18-7-9(14)10(15)16/h8-9H,5-7H2,1-4H3,(H,13,17)(H,15,16). The minimum Gasteiger partial charge on any atom is -0.480 e. The lowest BCUT2D eigenvalue weighted by molar-refractivity contribution is -0.141. The highest BCUT2D eigenvalue weighted by atomic mass is 32.2. The van der Waals surface area contributed by atoms with Gasteiger partial charge < -0.3 is 10.4 Å². The molecule has 0 bridgehead atoms. The third kappa shape index (κ3) is 3.10. The van der Waals surface area contributed by atoms with Crippen molar-refractivity contribution < 1.29 is 14.7 Å². The van der Waals surface area contributed by atoms with E-state index in [2.05, 4.69) is 5.32 Å². The Morgan fingerprint density at radius 2 is 2.00 bits per heavy atom. The zero-order valence-electron chi connectivity index (χ0n) is 11.4. The number of carboxylic acid groups (broad SMARTS) is 1. The molecule has 104 valence electrons. The Hall–Kier alpha value is -0.910. The molecule has 0 saturated carbocycles. The van der Waals surface area contributed by atoms with Crippen LogP contribution in [0.4, 0.5) is 4.79 Å². The van der Waals surface area contributed by atoms with Crippen LogP contribution in [0.15, 0.2) is 0 Å². The first kappa shape index (κ1) is 15.1. The highest BCUT2D eigenvalue weighted by molar-refractivity contribution is 8.00. The summed E-state index contributed by atoms with van der Waals surface area (Å²) >= 11 is 1.50. The monoisotopic (exact) mass is 274 g/mol. The van der Waals surface area contributed by atoms with Crippen molar-refractivity contribution >= 4 is 23.8 Å². The largest absolute Gasteiger partial charge is 0.480 e. The van der Waals surface area contributed by atoms with E-state index in [9.17, 15) is 9.59 Å². The molecule has 1 aliphatic rings. The lowest BCUT2D eigenvalue weighted by Crippen LogP contribution is -2.55. The Kier molecular flexibility index (Phi) is 4.90. The van der Waals surface area contributed by atoms with Crippen molar-refractivity contribution in [2.45, 2.75) is 57.5 Å². The van der Waals surface area contributed by atoms with Gasteiger partial charge >= 0.3 is 12.0 Å². The molecular formula is C12H22N2O3S. The van der Waals surface area contributed by atoms with Crippen molar-refractivity contribution in [2.24, 2.45) is 0 Å². The predicted octanol–water partition coefficient (Wildman–Crippen LogP) is 2.12. The van der Waals surface area contributed by atoms with Gasteiger partial charge in [-0.1, -0.05) is 13.8 Å². The van der Waals surface area contributed by atoms with E-state index in [1.165, 1.54) is 16.7 Å². The Labute approximate surface area is 112 Å². The maximum atomic E-state index is 12.2. The van der Waals surface area contributed by atoms with Gasteiger partial charge in [0, 0.05) is 11.3 Å². The molecule has 5 nitrogen and oxygen atoms in total. The summed E-state index contributed by atoms with van der Waals surface area (Å²) in [5.74, 6) is -0.476. The first-order valence-corrected chi connectivity index (χ1v) is 7.34. The molecule has 1 heterocycles. The van der Waals surface area contributed by atoms with Crippen LogP contribution in [0, 0.1) is 0 Å². The number of nitrogens with zero attached hydrogens (tertiary/aromatic N) is 1. The topological polar surface area (TPSA) is 69.6 Å². The fourth-order valence-electron chi connectivity index (χ4n) is 1.89. The number of urea groups is 1. The second-order valence-electron chi connectivity index (χ2n) is 4.89.